The maximum absolute atomic E-state index is 12.4. The van der Waals surface area contributed by atoms with Crippen molar-refractivity contribution in [3.63, 3.8) is 0 Å². The minimum absolute atomic E-state index is 0.0859. The zero-order chi connectivity index (χ0) is 20.6. The number of anilines is 1. The van der Waals surface area contributed by atoms with E-state index in [-0.39, 0.29) is 12.1 Å². The molecule has 4 rings (SSSR count). The molecular weight excluding hydrogens is 378 g/mol. The number of likely N-dealkylation sites (tertiary alicyclic amines) is 1. The number of rotatable bonds is 7. The molecule has 2 aromatic heterocycles. The predicted octanol–water partition coefficient (Wildman–Crippen LogP) is 3.69. The first kappa shape index (κ1) is 20.7. The third-order valence-electron chi connectivity index (χ3n) is 6.10. The average Bonchev–Trinajstić information content (AvgIpc) is 3.44. The SMILES string of the molecule is O=C(NCc1ccc(N2CCCCCC2)nc1)NCC(c1ccco1)N1CCCC1. The Morgan fingerprint density at radius 1 is 1.00 bits per heavy atom. The molecule has 30 heavy (non-hydrogen) atoms. The van der Waals surface area contributed by atoms with Crippen LogP contribution in [0, 0.1) is 0 Å². The number of carbonyl (C=O) groups is 1. The molecule has 2 fully saturated rings. The van der Waals surface area contributed by atoms with Crippen LogP contribution in [-0.2, 0) is 6.54 Å². The van der Waals surface area contributed by atoms with E-state index in [2.05, 4.69) is 37.6 Å². The molecule has 2 aliphatic rings. The topological polar surface area (TPSA) is 73.6 Å². The van der Waals surface area contributed by atoms with Crippen molar-refractivity contribution in [3.05, 3.63) is 48.0 Å². The smallest absolute Gasteiger partial charge is 0.315 e. The standard InChI is InChI=1S/C23H33N5O2/c29-23(26-18-20(21-8-7-15-30-21)27-11-5-6-12-27)25-17-19-9-10-22(24-16-19)28-13-3-1-2-4-14-28/h7-10,15-16,20H,1-6,11-14,17-18H2,(H2,25,26,29). The fourth-order valence-corrected chi connectivity index (χ4v) is 4.39. The fourth-order valence-electron chi connectivity index (χ4n) is 4.39. The molecule has 2 aromatic rings. The fraction of sp³-hybridized carbons (Fsp3) is 0.565. The maximum Gasteiger partial charge on any atom is 0.315 e. The van der Waals surface area contributed by atoms with Crippen LogP contribution in [0.1, 0.15) is 55.9 Å². The zero-order valence-electron chi connectivity index (χ0n) is 17.7. The summed E-state index contributed by atoms with van der Waals surface area (Å²) in [6, 6.07) is 7.94. The van der Waals surface area contributed by atoms with Crippen molar-refractivity contribution < 1.29 is 9.21 Å². The molecule has 0 radical (unpaired) electrons. The van der Waals surface area contributed by atoms with Gasteiger partial charge in [0, 0.05) is 32.4 Å². The normalized spacial score (nSPS) is 18.7. The Kier molecular flexibility index (Phi) is 7.24. The predicted molar refractivity (Wildman–Crippen MR) is 117 cm³/mol. The Morgan fingerprint density at radius 2 is 1.77 bits per heavy atom. The highest BCUT2D eigenvalue weighted by atomic mass is 16.3. The number of hydrogen-bond donors (Lipinski definition) is 2. The molecule has 162 valence electrons. The van der Waals surface area contributed by atoms with Gasteiger partial charge in [-0.3, -0.25) is 4.90 Å². The van der Waals surface area contributed by atoms with E-state index < -0.39 is 0 Å². The van der Waals surface area contributed by atoms with Crippen LogP contribution in [0.3, 0.4) is 0 Å². The van der Waals surface area contributed by atoms with Gasteiger partial charge in [0.25, 0.3) is 0 Å². The Labute approximate surface area is 178 Å². The Bertz CT molecular complexity index is 763. The summed E-state index contributed by atoms with van der Waals surface area (Å²) >= 11 is 0. The van der Waals surface area contributed by atoms with E-state index in [1.54, 1.807) is 6.26 Å². The summed E-state index contributed by atoms with van der Waals surface area (Å²) in [6.07, 6.45) is 11.1. The van der Waals surface area contributed by atoms with Crippen molar-refractivity contribution in [1.82, 2.24) is 20.5 Å². The molecule has 7 nitrogen and oxygen atoms in total. The summed E-state index contributed by atoms with van der Waals surface area (Å²) in [4.78, 5) is 21.7. The van der Waals surface area contributed by atoms with E-state index in [0.29, 0.717) is 13.1 Å². The molecule has 1 unspecified atom stereocenters. The number of urea groups is 1. The minimum Gasteiger partial charge on any atom is -0.468 e. The molecule has 2 saturated heterocycles. The van der Waals surface area contributed by atoms with Crippen LogP contribution in [0.25, 0.3) is 0 Å². The molecule has 0 saturated carbocycles. The van der Waals surface area contributed by atoms with Crippen molar-refractivity contribution >= 4 is 11.8 Å². The third kappa shape index (κ3) is 5.53. The second kappa shape index (κ2) is 10.5. The molecular formula is C23H33N5O2. The number of nitrogens with zero attached hydrogens (tertiary/aromatic N) is 3. The van der Waals surface area contributed by atoms with Crippen LogP contribution in [-0.4, -0.2) is 48.6 Å². The minimum atomic E-state index is -0.164. The van der Waals surface area contributed by atoms with Gasteiger partial charge in [-0.25, -0.2) is 9.78 Å². The van der Waals surface area contributed by atoms with Crippen LogP contribution in [0.2, 0.25) is 0 Å². The van der Waals surface area contributed by atoms with Gasteiger partial charge in [0.05, 0.1) is 12.3 Å². The molecule has 4 heterocycles. The highest BCUT2D eigenvalue weighted by Crippen LogP contribution is 2.24. The lowest BCUT2D eigenvalue weighted by Crippen LogP contribution is -2.41. The number of hydrogen-bond acceptors (Lipinski definition) is 5. The monoisotopic (exact) mass is 411 g/mol. The summed E-state index contributed by atoms with van der Waals surface area (Å²) < 4.78 is 5.61. The van der Waals surface area contributed by atoms with Gasteiger partial charge in [-0.1, -0.05) is 18.9 Å². The zero-order valence-corrected chi connectivity index (χ0v) is 17.7. The summed E-state index contributed by atoms with van der Waals surface area (Å²) in [5, 5.41) is 5.95. The van der Waals surface area contributed by atoms with E-state index in [4.69, 9.17) is 4.42 Å². The largest absolute Gasteiger partial charge is 0.468 e. The number of aromatic nitrogens is 1. The van der Waals surface area contributed by atoms with Gasteiger partial charge in [0.1, 0.15) is 11.6 Å². The van der Waals surface area contributed by atoms with Crippen molar-refractivity contribution in [2.24, 2.45) is 0 Å². The first-order chi connectivity index (χ1) is 14.8. The quantitative estimate of drug-likeness (QED) is 0.727. The van der Waals surface area contributed by atoms with Gasteiger partial charge in [0.2, 0.25) is 0 Å². The average molecular weight is 412 g/mol. The van der Waals surface area contributed by atoms with E-state index >= 15 is 0 Å². The van der Waals surface area contributed by atoms with Gasteiger partial charge in [-0.05, 0) is 62.5 Å². The molecule has 0 bridgehead atoms. The lowest BCUT2D eigenvalue weighted by atomic mass is 10.2. The summed E-state index contributed by atoms with van der Waals surface area (Å²) in [7, 11) is 0. The Hall–Kier alpha value is -2.54. The number of pyridine rings is 1. The van der Waals surface area contributed by atoms with E-state index in [9.17, 15) is 4.79 Å². The van der Waals surface area contributed by atoms with Gasteiger partial charge in [-0.15, -0.1) is 0 Å². The lowest BCUT2D eigenvalue weighted by Gasteiger charge is -2.26. The second-order valence-electron chi connectivity index (χ2n) is 8.26. The van der Waals surface area contributed by atoms with Crippen LogP contribution >= 0.6 is 0 Å². The highest BCUT2D eigenvalue weighted by molar-refractivity contribution is 5.73. The second-order valence-corrected chi connectivity index (χ2v) is 8.26. The van der Waals surface area contributed by atoms with Crippen molar-refractivity contribution in [2.45, 2.75) is 51.1 Å². The van der Waals surface area contributed by atoms with Crippen LogP contribution < -0.4 is 15.5 Å². The molecule has 2 aliphatic heterocycles. The Morgan fingerprint density at radius 3 is 2.43 bits per heavy atom. The number of furan rings is 1. The first-order valence-electron chi connectivity index (χ1n) is 11.3. The summed E-state index contributed by atoms with van der Waals surface area (Å²) in [5.74, 6) is 1.95. The molecule has 7 heteroatoms. The van der Waals surface area contributed by atoms with Crippen LogP contribution in [0.4, 0.5) is 10.6 Å². The molecule has 1 atom stereocenters. The van der Waals surface area contributed by atoms with Gasteiger partial charge < -0.3 is 20.0 Å². The molecule has 0 aromatic carbocycles. The summed E-state index contributed by atoms with van der Waals surface area (Å²) in [5.41, 5.74) is 1.01. The van der Waals surface area contributed by atoms with Crippen molar-refractivity contribution in [3.8, 4) is 0 Å². The molecule has 2 N–H and O–H groups in total. The van der Waals surface area contributed by atoms with E-state index in [0.717, 1.165) is 43.3 Å². The maximum atomic E-state index is 12.4. The molecule has 0 aliphatic carbocycles. The molecule has 2 amide bonds. The van der Waals surface area contributed by atoms with Crippen LogP contribution in [0.15, 0.2) is 41.1 Å². The molecule has 0 spiro atoms. The van der Waals surface area contributed by atoms with Gasteiger partial charge in [0.15, 0.2) is 0 Å². The van der Waals surface area contributed by atoms with Crippen molar-refractivity contribution in [2.75, 3.05) is 37.6 Å². The number of carbonyl (C=O) groups excluding carboxylic acids is 1. The number of amides is 2. The van der Waals surface area contributed by atoms with Crippen LogP contribution in [0.5, 0.6) is 0 Å². The van der Waals surface area contributed by atoms with Gasteiger partial charge in [-0.2, -0.15) is 0 Å². The number of nitrogens with one attached hydrogen (secondary N) is 2. The first-order valence-corrected chi connectivity index (χ1v) is 11.3. The van der Waals surface area contributed by atoms with Crippen molar-refractivity contribution in [1.29, 1.82) is 0 Å². The van der Waals surface area contributed by atoms with Gasteiger partial charge >= 0.3 is 6.03 Å². The summed E-state index contributed by atoms with van der Waals surface area (Å²) in [6.45, 7) is 5.26. The van der Waals surface area contributed by atoms with E-state index in [1.807, 2.05) is 18.3 Å². The lowest BCUT2D eigenvalue weighted by molar-refractivity contribution is 0.203. The van der Waals surface area contributed by atoms with E-state index in [1.165, 1.54) is 38.5 Å². The third-order valence-corrected chi connectivity index (χ3v) is 6.10. The Balaban J connectivity index is 1.25. The highest BCUT2D eigenvalue weighted by Gasteiger charge is 2.25.